The standard InChI is InChI=1S/C8H17NO3S/c1-7(2)13(11,12)8-4-3-5-9(8)6-10/h7-8,10H,3-6H2,1-2H3/t8-/m1/s1. The van der Waals surface area contributed by atoms with E-state index in [4.69, 9.17) is 5.11 Å². The summed E-state index contributed by atoms with van der Waals surface area (Å²) in [6.07, 6.45) is 1.51. The predicted molar refractivity (Wildman–Crippen MR) is 50.9 cm³/mol. The zero-order valence-corrected chi connectivity index (χ0v) is 8.92. The summed E-state index contributed by atoms with van der Waals surface area (Å²) >= 11 is 0. The van der Waals surface area contributed by atoms with Gasteiger partial charge in [0, 0.05) is 6.54 Å². The third-order valence-electron chi connectivity index (χ3n) is 2.52. The van der Waals surface area contributed by atoms with Crippen molar-refractivity contribution in [2.45, 2.75) is 37.3 Å². The van der Waals surface area contributed by atoms with Crippen LogP contribution in [0, 0.1) is 0 Å². The van der Waals surface area contributed by atoms with Gasteiger partial charge in [-0.25, -0.2) is 8.42 Å². The van der Waals surface area contributed by atoms with Crippen LogP contribution in [0.3, 0.4) is 0 Å². The molecule has 0 bridgehead atoms. The molecule has 1 atom stereocenters. The molecule has 1 fully saturated rings. The van der Waals surface area contributed by atoms with E-state index in [0.717, 1.165) is 6.42 Å². The first kappa shape index (κ1) is 10.9. The molecule has 1 aliphatic heterocycles. The van der Waals surface area contributed by atoms with Crippen molar-refractivity contribution in [1.82, 2.24) is 4.90 Å². The lowest BCUT2D eigenvalue weighted by Crippen LogP contribution is -2.40. The van der Waals surface area contributed by atoms with Gasteiger partial charge >= 0.3 is 0 Å². The summed E-state index contributed by atoms with van der Waals surface area (Å²) in [4.78, 5) is 1.62. The first-order valence-electron chi connectivity index (χ1n) is 4.57. The molecule has 78 valence electrons. The SMILES string of the molecule is CC(C)S(=O)(=O)[C@@H]1CCCN1CO. The Bertz CT molecular complexity index is 261. The van der Waals surface area contributed by atoms with Gasteiger partial charge in [0.25, 0.3) is 0 Å². The maximum atomic E-state index is 11.7. The van der Waals surface area contributed by atoms with Crippen LogP contribution in [0.5, 0.6) is 0 Å². The maximum absolute atomic E-state index is 11.7. The van der Waals surface area contributed by atoms with E-state index in [9.17, 15) is 8.42 Å². The number of hydrogen-bond donors (Lipinski definition) is 1. The number of nitrogens with zero attached hydrogens (tertiary/aromatic N) is 1. The van der Waals surface area contributed by atoms with Gasteiger partial charge in [0.05, 0.1) is 12.0 Å². The molecule has 0 saturated carbocycles. The summed E-state index contributed by atoms with van der Waals surface area (Å²) in [5, 5.41) is 8.13. The van der Waals surface area contributed by atoms with Crippen molar-refractivity contribution in [3.05, 3.63) is 0 Å². The summed E-state index contributed by atoms with van der Waals surface area (Å²) in [7, 11) is -3.07. The van der Waals surface area contributed by atoms with E-state index in [-0.39, 0.29) is 12.0 Å². The maximum Gasteiger partial charge on any atom is 0.168 e. The van der Waals surface area contributed by atoms with Gasteiger partial charge < -0.3 is 5.11 Å². The van der Waals surface area contributed by atoms with Gasteiger partial charge in [-0.1, -0.05) is 0 Å². The fraction of sp³-hybridized carbons (Fsp3) is 1.00. The highest BCUT2D eigenvalue weighted by molar-refractivity contribution is 7.92. The summed E-state index contributed by atoms with van der Waals surface area (Å²) in [6.45, 7) is 3.90. The van der Waals surface area contributed by atoms with E-state index >= 15 is 0 Å². The normalized spacial score (nSPS) is 25.7. The number of sulfone groups is 1. The Kier molecular flexibility index (Phi) is 3.32. The zero-order chi connectivity index (χ0) is 10.1. The van der Waals surface area contributed by atoms with Crippen molar-refractivity contribution >= 4 is 9.84 Å². The van der Waals surface area contributed by atoms with Crippen molar-refractivity contribution < 1.29 is 13.5 Å². The van der Waals surface area contributed by atoms with Crippen LogP contribution in [0.15, 0.2) is 0 Å². The molecule has 5 heteroatoms. The molecule has 0 aromatic carbocycles. The number of rotatable bonds is 3. The van der Waals surface area contributed by atoms with Crippen molar-refractivity contribution in [3.63, 3.8) is 0 Å². The molecule has 1 heterocycles. The van der Waals surface area contributed by atoms with Gasteiger partial charge in [-0.05, 0) is 26.7 Å². The van der Waals surface area contributed by atoms with Gasteiger partial charge in [-0.3, -0.25) is 4.90 Å². The third kappa shape index (κ3) is 2.03. The molecule has 0 amide bonds. The van der Waals surface area contributed by atoms with Crippen molar-refractivity contribution in [2.75, 3.05) is 13.3 Å². The summed E-state index contributed by atoms with van der Waals surface area (Å²) < 4.78 is 23.5. The average Bonchev–Trinajstić information content (AvgIpc) is 2.51. The second kappa shape index (κ2) is 3.94. The Hall–Kier alpha value is -0.130. The van der Waals surface area contributed by atoms with Crippen LogP contribution in [0.4, 0.5) is 0 Å². The molecule has 0 spiro atoms. The zero-order valence-electron chi connectivity index (χ0n) is 8.10. The van der Waals surface area contributed by atoms with Crippen LogP contribution >= 0.6 is 0 Å². The number of aliphatic hydroxyl groups is 1. The third-order valence-corrected chi connectivity index (χ3v) is 5.13. The smallest absolute Gasteiger partial charge is 0.168 e. The van der Waals surface area contributed by atoms with Crippen LogP contribution in [0.1, 0.15) is 26.7 Å². The second-order valence-corrected chi connectivity index (χ2v) is 6.35. The van der Waals surface area contributed by atoms with Crippen LogP contribution < -0.4 is 0 Å². The fourth-order valence-electron chi connectivity index (χ4n) is 1.64. The molecule has 0 aromatic heterocycles. The molecule has 13 heavy (non-hydrogen) atoms. The quantitative estimate of drug-likeness (QED) is 0.717. The lowest BCUT2D eigenvalue weighted by atomic mass is 10.4. The topological polar surface area (TPSA) is 57.6 Å². The van der Waals surface area contributed by atoms with Crippen molar-refractivity contribution in [3.8, 4) is 0 Å². The van der Waals surface area contributed by atoms with Crippen LogP contribution in [0.25, 0.3) is 0 Å². The molecule has 0 radical (unpaired) electrons. The fourth-order valence-corrected chi connectivity index (χ4v) is 3.35. The Balaban J connectivity index is 2.82. The van der Waals surface area contributed by atoms with E-state index in [0.29, 0.717) is 13.0 Å². The molecule has 1 rings (SSSR count). The van der Waals surface area contributed by atoms with Crippen molar-refractivity contribution in [1.29, 1.82) is 0 Å². The molecule has 1 N–H and O–H groups in total. The highest BCUT2D eigenvalue weighted by Gasteiger charge is 2.36. The Morgan fingerprint density at radius 2 is 2.15 bits per heavy atom. The van der Waals surface area contributed by atoms with Gasteiger partial charge in [0.15, 0.2) is 9.84 Å². The molecule has 1 saturated heterocycles. The second-order valence-electron chi connectivity index (χ2n) is 3.69. The minimum atomic E-state index is -3.07. The lowest BCUT2D eigenvalue weighted by Gasteiger charge is -2.23. The number of aliphatic hydroxyl groups excluding tert-OH is 1. The van der Waals surface area contributed by atoms with Crippen LogP contribution in [0.2, 0.25) is 0 Å². The molecule has 0 aliphatic carbocycles. The highest BCUT2D eigenvalue weighted by atomic mass is 32.2. The van der Waals surface area contributed by atoms with Gasteiger partial charge in [-0.15, -0.1) is 0 Å². The van der Waals surface area contributed by atoms with Crippen LogP contribution in [-0.2, 0) is 9.84 Å². The molecule has 1 aliphatic rings. The van der Waals surface area contributed by atoms with E-state index in [1.165, 1.54) is 0 Å². The monoisotopic (exact) mass is 207 g/mol. The van der Waals surface area contributed by atoms with Gasteiger partial charge in [0.2, 0.25) is 0 Å². The average molecular weight is 207 g/mol. The Morgan fingerprint density at radius 1 is 1.54 bits per heavy atom. The molecular weight excluding hydrogens is 190 g/mol. The van der Waals surface area contributed by atoms with Crippen molar-refractivity contribution in [2.24, 2.45) is 0 Å². The summed E-state index contributed by atoms with van der Waals surface area (Å²) in [5.41, 5.74) is 0. The molecule has 0 aromatic rings. The molecule has 0 unspecified atom stereocenters. The van der Waals surface area contributed by atoms with Gasteiger partial charge in [-0.2, -0.15) is 0 Å². The van der Waals surface area contributed by atoms with E-state index in [1.807, 2.05) is 0 Å². The highest BCUT2D eigenvalue weighted by Crippen LogP contribution is 2.24. The summed E-state index contributed by atoms with van der Waals surface area (Å²) in [5.74, 6) is 0. The first-order valence-corrected chi connectivity index (χ1v) is 6.18. The number of hydrogen-bond acceptors (Lipinski definition) is 4. The van der Waals surface area contributed by atoms with E-state index in [1.54, 1.807) is 18.7 Å². The number of likely N-dealkylation sites (tertiary alicyclic amines) is 1. The first-order chi connectivity index (χ1) is 6.00. The minimum absolute atomic E-state index is 0.156. The Morgan fingerprint density at radius 3 is 2.62 bits per heavy atom. The largest absolute Gasteiger partial charge is 0.381 e. The van der Waals surface area contributed by atoms with Gasteiger partial charge in [0.1, 0.15) is 5.37 Å². The van der Waals surface area contributed by atoms with E-state index in [2.05, 4.69) is 0 Å². The van der Waals surface area contributed by atoms with Crippen LogP contribution in [-0.4, -0.2) is 42.3 Å². The molecular formula is C8H17NO3S. The summed E-state index contributed by atoms with van der Waals surface area (Å²) in [6, 6.07) is 0. The molecule has 4 nitrogen and oxygen atoms in total. The Labute approximate surface area is 79.5 Å². The lowest BCUT2D eigenvalue weighted by molar-refractivity contribution is 0.119. The van der Waals surface area contributed by atoms with E-state index < -0.39 is 15.2 Å². The predicted octanol–water partition coefficient (Wildman–Crippen LogP) is 0.181. The minimum Gasteiger partial charge on any atom is -0.381 e.